The molecule has 0 amide bonds. The van der Waals surface area contributed by atoms with E-state index in [4.69, 9.17) is 40.1 Å². The maximum Gasteiger partial charge on any atom is 0.332 e. The number of aliphatic hydroxyl groups is 7. The third kappa shape index (κ3) is 21.2. The number of rotatable bonds is 22. The van der Waals surface area contributed by atoms with Crippen molar-refractivity contribution in [3.05, 3.63) is 12.2 Å². The van der Waals surface area contributed by atoms with Crippen LogP contribution in [0.2, 0.25) is 0 Å². The second kappa shape index (κ2) is 26.2. The van der Waals surface area contributed by atoms with Crippen LogP contribution in [-0.4, -0.2) is 105 Å². The van der Waals surface area contributed by atoms with Crippen molar-refractivity contribution in [2.24, 2.45) is 0 Å². The molecule has 0 fully saturated rings. The quantitative estimate of drug-likeness (QED) is 0.0338. The van der Waals surface area contributed by atoms with Gasteiger partial charge in [-0.1, -0.05) is 77.2 Å². The van der Waals surface area contributed by atoms with E-state index >= 15 is 0 Å². The SMILES string of the molecule is CCCCCCCCCCCCCC=CC(=O)OC(OC)C(O)CO.O=C[C@H](O)[C@@H](O)[C@H](O)[C@H](O)CO. The zero-order valence-corrected chi connectivity index (χ0v) is 22.4. The summed E-state index contributed by atoms with van der Waals surface area (Å²) in [6.45, 7) is 0.966. The van der Waals surface area contributed by atoms with E-state index in [-0.39, 0.29) is 6.29 Å². The molecule has 0 aliphatic carbocycles. The van der Waals surface area contributed by atoms with E-state index in [1.54, 1.807) is 6.08 Å². The van der Waals surface area contributed by atoms with Crippen molar-refractivity contribution in [2.75, 3.05) is 20.3 Å². The summed E-state index contributed by atoms with van der Waals surface area (Å²) in [4.78, 5) is 21.4. The highest BCUT2D eigenvalue weighted by atomic mass is 16.7. The summed E-state index contributed by atoms with van der Waals surface area (Å²) in [6.07, 6.45) is 9.08. The lowest BCUT2D eigenvalue weighted by molar-refractivity contribution is -0.194. The van der Waals surface area contributed by atoms with E-state index in [2.05, 4.69) is 6.92 Å². The first-order valence-electron chi connectivity index (χ1n) is 13.2. The molecule has 0 aromatic carbocycles. The van der Waals surface area contributed by atoms with Crippen molar-refractivity contribution in [3.8, 4) is 0 Å². The Kier molecular flexibility index (Phi) is 26.7. The summed E-state index contributed by atoms with van der Waals surface area (Å²) in [6, 6.07) is 0. The number of hydrogen-bond donors (Lipinski definition) is 7. The highest BCUT2D eigenvalue weighted by Crippen LogP contribution is 2.12. The Morgan fingerprint density at radius 2 is 1.24 bits per heavy atom. The molecule has 0 aliphatic heterocycles. The first kappa shape index (κ1) is 37.7. The molecule has 11 nitrogen and oxygen atoms in total. The molecular weight excluding hydrogens is 488 g/mol. The van der Waals surface area contributed by atoms with Gasteiger partial charge in [-0.25, -0.2) is 4.79 Å². The summed E-state index contributed by atoms with van der Waals surface area (Å²) >= 11 is 0. The van der Waals surface area contributed by atoms with E-state index in [9.17, 15) is 14.7 Å². The fourth-order valence-electron chi connectivity index (χ4n) is 3.25. The maximum atomic E-state index is 11.6. The molecule has 6 atom stereocenters. The monoisotopic (exact) mass is 538 g/mol. The van der Waals surface area contributed by atoms with Gasteiger partial charge in [0.2, 0.25) is 6.29 Å². The summed E-state index contributed by atoms with van der Waals surface area (Å²) < 4.78 is 9.71. The molecule has 0 aromatic heterocycles. The highest BCUT2D eigenvalue weighted by molar-refractivity contribution is 5.81. The van der Waals surface area contributed by atoms with Crippen LogP contribution >= 0.6 is 0 Å². The molecule has 0 spiro atoms. The molecule has 37 heavy (non-hydrogen) atoms. The first-order chi connectivity index (χ1) is 17.7. The third-order valence-electron chi connectivity index (χ3n) is 5.61. The molecular formula is C26H50O11. The van der Waals surface area contributed by atoms with Gasteiger partial charge in [0, 0.05) is 13.2 Å². The number of aldehydes is 1. The van der Waals surface area contributed by atoms with Gasteiger partial charge >= 0.3 is 5.97 Å². The van der Waals surface area contributed by atoms with Crippen molar-refractivity contribution in [2.45, 2.75) is 121 Å². The van der Waals surface area contributed by atoms with Crippen molar-refractivity contribution in [1.29, 1.82) is 0 Å². The van der Waals surface area contributed by atoms with Crippen molar-refractivity contribution < 1.29 is 54.8 Å². The molecule has 0 bridgehead atoms. The van der Waals surface area contributed by atoms with Crippen LogP contribution in [-0.2, 0) is 19.1 Å². The second-order valence-electron chi connectivity index (χ2n) is 8.88. The summed E-state index contributed by atoms with van der Waals surface area (Å²) in [7, 11) is 1.31. The van der Waals surface area contributed by atoms with Crippen molar-refractivity contribution in [3.63, 3.8) is 0 Å². The predicted octanol–water partition coefficient (Wildman–Crippen LogP) is 0.734. The Hall–Kier alpha value is -1.44. The fraction of sp³-hybridized carbons (Fsp3) is 0.846. The van der Waals surface area contributed by atoms with Gasteiger partial charge < -0.3 is 50.0 Å². The van der Waals surface area contributed by atoms with Crippen LogP contribution in [0.4, 0.5) is 0 Å². The Morgan fingerprint density at radius 3 is 1.68 bits per heavy atom. The highest BCUT2D eigenvalue weighted by Gasteiger charge is 2.29. The van der Waals surface area contributed by atoms with Crippen LogP contribution in [0.15, 0.2) is 12.2 Å². The molecule has 2 unspecified atom stereocenters. The van der Waals surface area contributed by atoms with Gasteiger partial charge in [-0.2, -0.15) is 0 Å². The zero-order valence-electron chi connectivity index (χ0n) is 22.4. The molecule has 0 aliphatic rings. The number of methoxy groups -OCH3 is 1. The lowest BCUT2D eigenvalue weighted by Crippen LogP contribution is -2.46. The Morgan fingerprint density at radius 1 is 0.757 bits per heavy atom. The number of aliphatic hydroxyl groups excluding tert-OH is 7. The van der Waals surface area contributed by atoms with Crippen molar-refractivity contribution in [1.82, 2.24) is 0 Å². The minimum Gasteiger partial charge on any atom is -0.430 e. The van der Waals surface area contributed by atoms with Crippen LogP contribution < -0.4 is 0 Å². The average molecular weight is 539 g/mol. The largest absolute Gasteiger partial charge is 0.430 e. The van der Waals surface area contributed by atoms with Crippen LogP contribution in [0.25, 0.3) is 0 Å². The third-order valence-corrected chi connectivity index (χ3v) is 5.61. The Balaban J connectivity index is 0. The average Bonchev–Trinajstić information content (AvgIpc) is 2.92. The first-order valence-corrected chi connectivity index (χ1v) is 13.2. The lowest BCUT2D eigenvalue weighted by Gasteiger charge is -2.22. The number of ether oxygens (including phenoxy) is 2. The molecule has 11 heteroatoms. The molecule has 0 saturated heterocycles. The molecule has 0 aromatic rings. The summed E-state index contributed by atoms with van der Waals surface area (Å²) in [5.41, 5.74) is 0. The number of allylic oxidation sites excluding steroid dienone is 1. The van der Waals surface area contributed by atoms with Crippen LogP contribution in [0.5, 0.6) is 0 Å². The zero-order chi connectivity index (χ0) is 28.5. The predicted molar refractivity (Wildman–Crippen MR) is 137 cm³/mol. The topological polar surface area (TPSA) is 194 Å². The van der Waals surface area contributed by atoms with Gasteiger partial charge in [-0.3, -0.25) is 0 Å². The number of carbonyl (C=O) groups is 2. The normalized spacial score (nSPS) is 16.2. The number of esters is 1. The van der Waals surface area contributed by atoms with E-state index in [0.29, 0.717) is 0 Å². The van der Waals surface area contributed by atoms with E-state index in [0.717, 1.165) is 12.8 Å². The number of hydrogen-bond acceptors (Lipinski definition) is 11. The molecule has 7 N–H and O–H groups in total. The van der Waals surface area contributed by atoms with E-state index < -0.39 is 56.0 Å². The minimum atomic E-state index is -1.79. The molecule has 0 heterocycles. The van der Waals surface area contributed by atoms with Crippen LogP contribution in [0.1, 0.15) is 84.0 Å². The van der Waals surface area contributed by atoms with E-state index in [1.165, 1.54) is 77.4 Å². The molecule has 220 valence electrons. The van der Waals surface area contributed by atoms with Gasteiger partial charge in [-0.15, -0.1) is 0 Å². The Labute approximate surface area is 220 Å². The standard InChI is InChI=1S/C20H38O5.C6H12O6/c1-3-4-5-6-7-8-9-10-11-12-13-14-15-16-19(23)25-20(24-2)18(22)17-21;7-1-3(9)5(11)6(12)4(10)2-8/h15-16,18,20-22H,3-14,17H2,1-2H3;1,3-6,8-12H,2H2/t;3-,4+,5+,6+/m.0/s1. The minimum absolute atomic E-state index is 0.0258. The van der Waals surface area contributed by atoms with E-state index in [1.807, 2.05) is 0 Å². The van der Waals surface area contributed by atoms with Gasteiger partial charge in [-0.05, 0) is 12.8 Å². The fourth-order valence-corrected chi connectivity index (χ4v) is 3.25. The lowest BCUT2D eigenvalue weighted by atomic mass is 10.0. The van der Waals surface area contributed by atoms with Gasteiger partial charge in [0.25, 0.3) is 0 Å². The molecule has 0 saturated carbocycles. The maximum absolute atomic E-state index is 11.6. The van der Waals surface area contributed by atoms with Crippen LogP contribution in [0, 0.1) is 0 Å². The summed E-state index contributed by atoms with van der Waals surface area (Å²) in [5, 5.41) is 61.7. The molecule has 0 radical (unpaired) electrons. The van der Waals surface area contributed by atoms with Gasteiger partial charge in [0.05, 0.1) is 13.2 Å². The van der Waals surface area contributed by atoms with Gasteiger partial charge in [0.15, 0.2) is 6.29 Å². The van der Waals surface area contributed by atoms with Crippen molar-refractivity contribution >= 4 is 12.3 Å². The number of unbranched alkanes of at least 4 members (excludes halogenated alkanes) is 11. The summed E-state index contributed by atoms with van der Waals surface area (Å²) in [5.74, 6) is -0.567. The Bertz CT molecular complexity index is 559. The smallest absolute Gasteiger partial charge is 0.332 e. The molecule has 0 rings (SSSR count). The number of carbonyl (C=O) groups excluding carboxylic acids is 2. The van der Waals surface area contributed by atoms with Crippen LogP contribution in [0.3, 0.4) is 0 Å². The van der Waals surface area contributed by atoms with Gasteiger partial charge in [0.1, 0.15) is 30.5 Å². The second-order valence-corrected chi connectivity index (χ2v) is 8.88.